The van der Waals surface area contributed by atoms with Crippen molar-refractivity contribution >= 4 is 11.7 Å². The molecule has 0 radical (unpaired) electrons. The van der Waals surface area contributed by atoms with Gasteiger partial charge >= 0.3 is 5.97 Å². The zero-order valence-electron chi connectivity index (χ0n) is 14.2. The van der Waals surface area contributed by atoms with Gasteiger partial charge in [0.1, 0.15) is 0 Å². The van der Waals surface area contributed by atoms with Crippen LogP contribution in [0.5, 0.6) is 0 Å². The van der Waals surface area contributed by atoms with Crippen molar-refractivity contribution in [1.29, 1.82) is 0 Å². The zero-order chi connectivity index (χ0) is 16.7. The third-order valence-corrected chi connectivity index (χ3v) is 5.27. The lowest BCUT2D eigenvalue weighted by Gasteiger charge is -2.40. The number of benzene rings is 1. The first-order valence-corrected chi connectivity index (χ1v) is 8.66. The summed E-state index contributed by atoms with van der Waals surface area (Å²) in [4.78, 5) is 14.7. The fourth-order valence-corrected chi connectivity index (χ4v) is 3.63. The van der Waals surface area contributed by atoms with E-state index in [1.807, 2.05) is 19.1 Å². The van der Waals surface area contributed by atoms with Crippen molar-refractivity contribution in [1.82, 2.24) is 21.1 Å². The maximum atomic E-state index is 12.3. The summed E-state index contributed by atoms with van der Waals surface area (Å²) in [5.74, 6) is -0.246. The molecule has 7 heteroatoms. The van der Waals surface area contributed by atoms with E-state index in [0.717, 1.165) is 43.9 Å². The highest BCUT2D eigenvalue weighted by atomic mass is 16.6. The molecule has 3 unspecified atom stereocenters. The largest absolute Gasteiger partial charge is 0.436 e. The molecule has 0 saturated carbocycles. The van der Waals surface area contributed by atoms with Crippen molar-refractivity contribution < 1.29 is 9.53 Å². The molecule has 3 aliphatic rings. The highest BCUT2D eigenvalue weighted by Crippen LogP contribution is 2.29. The first kappa shape index (κ1) is 15.8. The van der Waals surface area contributed by atoms with Gasteiger partial charge in [0.2, 0.25) is 0 Å². The van der Waals surface area contributed by atoms with Crippen molar-refractivity contribution in [2.45, 2.75) is 45.1 Å². The number of hydrazine groups is 1. The zero-order valence-corrected chi connectivity index (χ0v) is 14.2. The molecule has 0 aliphatic carbocycles. The molecule has 2 fully saturated rings. The number of anilines is 1. The molecule has 0 bridgehead atoms. The van der Waals surface area contributed by atoms with Gasteiger partial charge in [-0.05, 0) is 49.9 Å². The van der Waals surface area contributed by atoms with Gasteiger partial charge in [0, 0.05) is 19.8 Å². The molecule has 1 aromatic rings. The van der Waals surface area contributed by atoms with E-state index in [1.165, 1.54) is 5.56 Å². The maximum absolute atomic E-state index is 12.3. The average molecular weight is 331 g/mol. The second kappa shape index (κ2) is 6.33. The molecule has 130 valence electrons. The Morgan fingerprint density at radius 2 is 2.00 bits per heavy atom. The number of cyclic esters (lactones) is 1. The predicted molar refractivity (Wildman–Crippen MR) is 91.4 cm³/mol. The molecule has 3 aliphatic heterocycles. The molecular weight excluding hydrogens is 306 g/mol. The van der Waals surface area contributed by atoms with Gasteiger partial charge in [0.05, 0.1) is 23.5 Å². The summed E-state index contributed by atoms with van der Waals surface area (Å²) in [6, 6.07) is 3.99. The minimum atomic E-state index is -0.350. The molecule has 3 heterocycles. The van der Waals surface area contributed by atoms with E-state index in [4.69, 9.17) is 4.74 Å². The van der Waals surface area contributed by atoms with E-state index in [-0.39, 0.29) is 18.2 Å². The Morgan fingerprint density at radius 3 is 2.71 bits per heavy atom. The summed E-state index contributed by atoms with van der Waals surface area (Å²) >= 11 is 0. The molecule has 2 saturated heterocycles. The molecule has 24 heavy (non-hydrogen) atoms. The van der Waals surface area contributed by atoms with Gasteiger partial charge < -0.3 is 15.4 Å². The van der Waals surface area contributed by atoms with Crippen LogP contribution in [-0.2, 0) is 4.74 Å². The second-order valence-corrected chi connectivity index (χ2v) is 6.91. The number of ether oxygens (including phenoxy) is 1. The molecule has 0 aromatic heterocycles. The van der Waals surface area contributed by atoms with Crippen LogP contribution >= 0.6 is 0 Å². The Labute approximate surface area is 142 Å². The van der Waals surface area contributed by atoms with Gasteiger partial charge in [0.15, 0.2) is 6.23 Å². The minimum absolute atomic E-state index is 0.0514. The third kappa shape index (κ3) is 2.88. The number of esters is 1. The number of carbonyl (C=O) groups is 1. The quantitative estimate of drug-likeness (QED) is 0.593. The Balaban J connectivity index is 1.43. The van der Waals surface area contributed by atoms with E-state index in [0.29, 0.717) is 11.7 Å². The molecule has 1 aromatic carbocycles. The normalized spacial score (nSPS) is 30.6. The van der Waals surface area contributed by atoms with Crippen LogP contribution in [0.4, 0.5) is 5.69 Å². The van der Waals surface area contributed by atoms with Crippen molar-refractivity contribution in [3.8, 4) is 0 Å². The van der Waals surface area contributed by atoms with Gasteiger partial charge in [-0.2, -0.15) is 0 Å². The van der Waals surface area contributed by atoms with Crippen LogP contribution in [-0.4, -0.2) is 49.1 Å². The highest BCUT2D eigenvalue weighted by Gasteiger charge is 2.35. The maximum Gasteiger partial charge on any atom is 0.342 e. The van der Waals surface area contributed by atoms with Crippen LogP contribution in [0.15, 0.2) is 12.1 Å². The lowest BCUT2D eigenvalue weighted by Crippen LogP contribution is -2.62. The van der Waals surface area contributed by atoms with E-state index in [2.05, 4.69) is 33.3 Å². The summed E-state index contributed by atoms with van der Waals surface area (Å²) in [6.07, 6.45) is 1.94. The minimum Gasteiger partial charge on any atom is -0.436 e. The molecule has 0 spiro atoms. The number of carbonyl (C=O) groups excluding carboxylic acids is 1. The van der Waals surface area contributed by atoms with E-state index in [9.17, 15) is 4.79 Å². The molecule has 0 amide bonds. The van der Waals surface area contributed by atoms with Crippen LogP contribution in [0, 0.1) is 13.8 Å². The van der Waals surface area contributed by atoms with Crippen LogP contribution in [0.1, 0.15) is 34.3 Å². The third-order valence-electron chi connectivity index (χ3n) is 5.27. The first-order chi connectivity index (χ1) is 11.6. The van der Waals surface area contributed by atoms with Crippen LogP contribution < -0.4 is 21.5 Å². The molecule has 4 N–H and O–H groups in total. The summed E-state index contributed by atoms with van der Waals surface area (Å²) in [6.45, 7) is 7.09. The second-order valence-electron chi connectivity index (χ2n) is 6.91. The number of aryl methyl sites for hydroxylation is 2. The lowest BCUT2D eigenvalue weighted by atomic mass is 10.0. The molecule has 4 rings (SSSR count). The fraction of sp³-hybridized carbons (Fsp3) is 0.588. The summed E-state index contributed by atoms with van der Waals surface area (Å²) in [5.41, 5.74) is 10.5. The van der Waals surface area contributed by atoms with Gasteiger partial charge in [-0.25, -0.2) is 15.6 Å². The average Bonchev–Trinajstić information content (AvgIpc) is 3.11. The van der Waals surface area contributed by atoms with Gasteiger partial charge in [0.25, 0.3) is 0 Å². The predicted octanol–water partition coefficient (Wildman–Crippen LogP) is 0.657. The topological polar surface area (TPSA) is 77.7 Å². The molecule has 7 nitrogen and oxygen atoms in total. The highest BCUT2D eigenvalue weighted by molar-refractivity contribution is 5.97. The van der Waals surface area contributed by atoms with Crippen molar-refractivity contribution in [2.75, 3.05) is 25.1 Å². The van der Waals surface area contributed by atoms with Gasteiger partial charge in [-0.15, -0.1) is 0 Å². The van der Waals surface area contributed by atoms with E-state index < -0.39 is 0 Å². The molecular formula is C17H25N5O2. The van der Waals surface area contributed by atoms with Gasteiger partial charge in [-0.1, -0.05) is 0 Å². The number of nitrogens with zero attached hydrogens (tertiary/aromatic N) is 1. The van der Waals surface area contributed by atoms with Gasteiger partial charge in [-0.3, -0.25) is 4.90 Å². The number of fused-ring (bicyclic) bond motifs is 1. The number of rotatable bonds is 2. The Kier molecular flexibility index (Phi) is 4.17. The molecule has 3 atom stereocenters. The number of nitrogens with one attached hydrogen (secondary N) is 4. The Bertz CT molecular complexity index is 636. The first-order valence-electron chi connectivity index (χ1n) is 8.66. The Morgan fingerprint density at radius 1 is 1.17 bits per heavy atom. The summed E-state index contributed by atoms with van der Waals surface area (Å²) < 4.78 is 5.63. The number of hydrogen-bond donors (Lipinski definition) is 4. The van der Waals surface area contributed by atoms with Crippen molar-refractivity contribution in [2.24, 2.45) is 0 Å². The number of hydrogen-bond acceptors (Lipinski definition) is 7. The Hall–Kier alpha value is -1.67. The summed E-state index contributed by atoms with van der Waals surface area (Å²) in [7, 11) is 0. The fourth-order valence-electron chi connectivity index (χ4n) is 3.63. The lowest BCUT2D eigenvalue weighted by molar-refractivity contribution is 0.0119. The van der Waals surface area contributed by atoms with E-state index in [1.54, 1.807) is 0 Å². The van der Waals surface area contributed by atoms with Crippen molar-refractivity contribution in [3.05, 3.63) is 28.8 Å². The van der Waals surface area contributed by atoms with Crippen molar-refractivity contribution in [3.63, 3.8) is 0 Å². The standard InChI is InChI=1S/C17H25N5O2/c1-10-7-12-14(8-11(10)2)19-16(24-17(12)23)13-3-4-15(21-20-13)22-6-5-18-9-22/h7-8,13,15-16,18-21H,3-6,9H2,1-2H3. The summed E-state index contributed by atoms with van der Waals surface area (Å²) in [5, 5.41) is 6.73. The van der Waals surface area contributed by atoms with E-state index >= 15 is 0 Å². The monoisotopic (exact) mass is 331 g/mol. The van der Waals surface area contributed by atoms with Crippen LogP contribution in [0.25, 0.3) is 0 Å². The smallest absolute Gasteiger partial charge is 0.342 e. The SMILES string of the molecule is Cc1cc2c(cc1C)C(=O)OC(C1CCC(N3CCNC3)NN1)N2. The van der Waals surface area contributed by atoms with Crippen LogP contribution in [0.3, 0.4) is 0 Å². The van der Waals surface area contributed by atoms with Crippen LogP contribution in [0.2, 0.25) is 0 Å².